The van der Waals surface area contributed by atoms with E-state index in [4.69, 9.17) is 4.74 Å². The lowest BCUT2D eigenvalue weighted by Gasteiger charge is -2.15. The van der Waals surface area contributed by atoms with Crippen molar-refractivity contribution in [1.82, 2.24) is 10.6 Å². The van der Waals surface area contributed by atoms with Gasteiger partial charge in [0.05, 0.1) is 7.11 Å². The molecule has 0 bridgehead atoms. The second-order valence-corrected chi connectivity index (χ2v) is 5.25. The summed E-state index contributed by atoms with van der Waals surface area (Å²) in [5, 5.41) is 6.96. The number of benzene rings is 1. The Balaban J connectivity index is 1.95. The van der Waals surface area contributed by atoms with Gasteiger partial charge >= 0.3 is 0 Å². The predicted octanol–water partition coefficient (Wildman–Crippen LogP) is 2.01. The van der Waals surface area contributed by atoms with E-state index in [2.05, 4.69) is 36.6 Å². The Kier molecular flexibility index (Phi) is 4.61. The monoisotopic (exact) mass is 248 g/mol. The predicted molar refractivity (Wildman–Crippen MR) is 75.2 cm³/mol. The van der Waals surface area contributed by atoms with Crippen molar-refractivity contribution in [2.45, 2.75) is 26.8 Å². The molecule has 2 N–H and O–H groups in total. The third-order valence-corrected chi connectivity index (χ3v) is 3.69. The average molecular weight is 248 g/mol. The normalized spacial score (nSPS) is 19.2. The lowest BCUT2D eigenvalue weighted by molar-refractivity contribution is 0.405. The van der Waals surface area contributed by atoms with Crippen LogP contribution in [0.25, 0.3) is 0 Å². The van der Waals surface area contributed by atoms with Gasteiger partial charge in [0.2, 0.25) is 0 Å². The summed E-state index contributed by atoms with van der Waals surface area (Å²) >= 11 is 0. The SMILES string of the molecule is COc1cc(C)cc(C)c1CNCC1CCNC1. The van der Waals surface area contributed by atoms with Crippen LogP contribution < -0.4 is 15.4 Å². The number of hydrogen-bond donors (Lipinski definition) is 2. The van der Waals surface area contributed by atoms with Gasteiger partial charge in [0.15, 0.2) is 0 Å². The van der Waals surface area contributed by atoms with E-state index in [-0.39, 0.29) is 0 Å². The molecule has 0 aromatic heterocycles. The summed E-state index contributed by atoms with van der Waals surface area (Å²) in [5.74, 6) is 1.78. The summed E-state index contributed by atoms with van der Waals surface area (Å²) in [6.07, 6.45) is 1.29. The largest absolute Gasteiger partial charge is 0.496 e. The maximum Gasteiger partial charge on any atom is 0.123 e. The van der Waals surface area contributed by atoms with Crippen molar-refractivity contribution in [1.29, 1.82) is 0 Å². The molecule has 3 nitrogen and oxygen atoms in total. The van der Waals surface area contributed by atoms with Crippen LogP contribution in [0.1, 0.15) is 23.1 Å². The Bertz CT molecular complexity index is 398. The fourth-order valence-corrected chi connectivity index (χ4v) is 2.66. The van der Waals surface area contributed by atoms with Crippen molar-refractivity contribution in [3.05, 3.63) is 28.8 Å². The van der Waals surface area contributed by atoms with Gasteiger partial charge in [-0.05, 0) is 63.0 Å². The van der Waals surface area contributed by atoms with Crippen molar-refractivity contribution in [3.8, 4) is 5.75 Å². The molecular formula is C15H24N2O. The van der Waals surface area contributed by atoms with Crippen LogP contribution in [0.3, 0.4) is 0 Å². The standard InChI is InChI=1S/C15H24N2O/c1-11-6-12(2)14(15(7-11)18-3)10-17-9-13-4-5-16-8-13/h6-7,13,16-17H,4-5,8-10H2,1-3H3. The zero-order valence-corrected chi connectivity index (χ0v) is 11.7. The minimum absolute atomic E-state index is 0.779. The zero-order chi connectivity index (χ0) is 13.0. The fraction of sp³-hybridized carbons (Fsp3) is 0.600. The molecule has 1 aromatic rings. The van der Waals surface area contributed by atoms with Gasteiger partial charge in [0.25, 0.3) is 0 Å². The molecule has 1 aliphatic heterocycles. The molecule has 1 heterocycles. The number of rotatable bonds is 5. The van der Waals surface area contributed by atoms with E-state index in [0.717, 1.165) is 31.3 Å². The summed E-state index contributed by atoms with van der Waals surface area (Å²) in [4.78, 5) is 0. The molecule has 1 unspecified atom stereocenters. The van der Waals surface area contributed by atoms with Crippen LogP contribution in [0, 0.1) is 19.8 Å². The van der Waals surface area contributed by atoms with E-state index in [0.29, 0.717) is 0 Å². The second-order valence-electron chi connectivity index (χ2n) is 5.25. The van der Waals surface area contributed by atoms with Crippen LogP contribution >= 0.6 is 0 Å². The van der Waals surface area contributed by atoms with Crippen molar-refractivity contribution in [2.24, 2.45) is 5.92 Å². The highest BCUT2D eigenvalue weighted by Gasteiger charge is 2.14. The lowest BCUT2D eigenvalue weighted by atomic mass is 10.0. The van der Waals surface area contributed by atoms with Crippen LogP contribution in [0.5, 0.6) is 5.75 Å². The second kappa shape index (κ2) is 6.21. The third kappa shape index (κ3) is 3.24. The average Bonchev–Trinajstić information content (AvgIpc) is 2.84. The molecule has 2 rings (SSSR count). The molecule has 1 aromatic carbocycles. The van der Waals surface area contributed by atoms with E-state index in [1.165, 1.54) is 29.7 Å². The van der Waals surface area contributed by atoms with Crippen molar-refractivity contribution in [2.75, 3.05) is 26.7 Å². The molecular weight excluding hydrogens is 224 g/mol. The lowest BCUT2D eigenvalue weighted by Crippen LogP contribution is -2.24. The Morgan fingerprint density at radius 2 is 2.22 bits per heavy atom. The van der Waals surface area contributed by atoms with Crippen LogP contribution in [0.15, 0.2) is 12.1 Å². The van der Waals surface area contributed by atoms with Crippen molar-refractivity contribution < 1.29 is 4.74 Å². The highest BCUT2D eigenvalue weighted by Crippen LogP contribution is 2.24. The summed E-state index contributed by atoms with van der Waals surface area (Å²) in [6.45, 7) is 8.56. The molecule has 3 heteroatoms. The highest BCUT2D eigenvalue weighted by atomic mass is 16.5. The first-order chi connectivity index (χ1) is 8.70. The molecule has 100 valence electrons. The molecule has 0 spiro atoms. The van der Waals surface area contributed by atoms with Gasteiger partial charge in [-0.2, -0.15) is 0 Å². The molecule has 1 aliphatic rings. The maximum atomic E-state index is 5.48. The van der Waals surface area contributed by atoms with Crippen LogP contribution in [-0.2, 0) is 6.54 Å². The van der Waals surface area contributed by atoms with Gasteiger partial charge in [0, 0.05) is 12.1 Å². The summed E-state index contributed by atoms with van der Waals surface area (Å²) in [5.41, 5.74) is 3.85. The van der Waals surface area contributed by atoms with Gasteiger partial charge in [-0.25, -0.2) is 0 Å². The molecule has 0 radical (unpaired) electrons. The summed E-state index contributed by atoms with van der Waals surface area (Å²) < 4.78 is 5.48. The van der Waals surface area contributed by atoms with Gasteiger partial charge in [-0.1, -0.05) is 6.07 Å². The summed E-state index contributed by atoms with van der Waals surface area (Å²) in [7, 11) is 1.75. The van der Waals surface area contributed by atoms with Gasteiger partial charge in [0.1, 0.15) is 5.75 Å². The van der Waals surface area contributed by atoms with E-state index < -0.39 is 0 Å². The van der Waals surface area contributed by atoms with E-state index in [9.17, 15) is 0 Å². The Morgan fingerprint density at radius 3 is 2.89 bits per heavy atom. The third-order valence-electron chi connectivity index (χ3n) is 3.69. The first-order valence-electron chi connectivity index (χ1n) is 6.76. The van der Waals surface area contributed by atoms with E-state index in [1.807, 2.05) is 0 Å². The van der Waals surface area contributed by atoms with E-state index in [1.54, 1.807) is 7.11 Å². The summed E-state index contributed by atoms with van der Waals surface area (Å²) in [6, 6.07) is 4.33. The van der Waals surface area contributed by atoms with Crippen molar-refractivity contribution in [3.63, 3.8) is 0 Å². The topological polar surface area (TPSA) is 33.3 Å². The Morgan fingerprint density at radius 1 is 1.39 bits per heavy atom. The van der Waals surface area contributed by atoms with Crippen LogP contribution in [-0.4, -0.2) is 26.7 Å². The fourth-order valence-electron chi connectivity index (χ4n) is 2.66. The smallest absolute Gasteiger partial charge is 0.123 e. The first kappa shape index (κ1) is 13.4. The molecule has 1 atom stereocenters. The molecule has 1 fully saturated rings. The van der Waals surface area contributed by atoms with Crippen molar-refractivity contribution >= 4 is 0 Å². The molecule has 0 saturated carbocycles. The Hall–Kier alpha value is -1.06. The van der Waals surface area contributed by atoms with E-state index >= 15 is 0 Å². The number of nitrogens with one attached hydrogen (secondary N) is 2. The highest BCUT2D eigenvalue weighted by molar-refractivity contribution is 5.42. The minimum atomic E-state index is 0.779. The van der Waals surface area contributed by atoms with Gasteiger partial charge in [-0.15, -0.1) is 0 Å². The molecule has 0 aliphatic carbocycles. The quantitative estimate of drug-likeness (QED) is 0.836. The van der Waals surface area contributed by atoms with Crippen LogP contribution in [0.2, 0.25) is 0 Å². The zero-order valence-electron chi connectivity index (χ0n) is 11.7. The van der Waals surface area contributed by atoms with Gasteiger partial charge in [-0.3, -0.25) is 0 Å². The number of aryl methyl sites for hydroxylation is 2. The molecule has 0 amide bonds. The molecule has 18 heavy (non-hydrogen) atoms. The number of hydrogen-bond acceptors (Lipinski definition) is 3. The number of ether oxygens (including phenoxy) is 1. The Labute approximate surface area is 110 Å². The molecule has 1 saturated heterocycles. The maximum absolute atomic E-state index is 5.48. The first-order valence-corrected chi connectivity index (χ1v) is 6.76. The minimum Gasteiger partial charge on any atom is -0.496 e. The van der Waals surface area contributed by atoms with Gasteiger partial charge < -0.3 is 15.4 Å². The van der Waals surface area contributed by atoms with Crippen LogP contribution in [0.4, 0.5) is 0 Å². The number of methoxy groups -OCH3 is 1.